The van der Waals surface area contributed by atoms with Crippen LogP contribution in [-0.2, 0) is 36.9 Å². The maximum Gasteiger partial charge on any atom is 0.408 e. The van der Waals surface area contributed by atoms with Gasteiger partial charge in [0.15, 0.2) is 6.10 Å². The number of ether oxygens (including phenoxy) is 1. The van der Waals surface area contributed by atoms with Gasteiger partial charge >= 0.3 is 6.09 Å². The molecule has 1 heterocycles. The number of likely N-dealkylation sites (tertiary alicyclic amines) is 1. The van der Waals surface area contributed by atoms with Crippen LogP contribution in [0, 0.1) is 0 Å². The smallest absolute Gasteiger partial charge is 0.408 e. The fraction of sp³-hybridized carbons (Fsp3) is 0.469. The van der Waals surface area contributed by atoms with Crippen molar-refractivity contribution in [2.75, 3.05) is 6.54 Å². The number of alkyl carbamates (subject to hydrolysis) is 1. The minimum absolute atomic E-state index is 0.0149. The molecule has 0 aliphatic carbocycles. The Bertz CT molecular complexity index is 1320. The molecule has 3 rings (SSSR count). The van der Waals surface area contributed by atoms with E-state index >= 15 is 0 Å². The summed E-state index contributed by atoms with van der Waals surface area (Å²) in [6.07, 6.45) is -3.30. The predicted octanol–water partition coefficient (Wildman–Crippen LogP) is 0.512. The molecule has 5 amide bonds. The second kappa shape index (κ2) is 16.0. The quantitative estimate of drug-likeness (QED) is 0.174. The van der Waals surface area contributed by atoms with Crippen molar-refractivity contribution in [1.82, 2.24) is 20.9 Å². The number of benzene rings is 2. The molecule has 0 aromatic heterocycles. The van der Waals surface area contributed by atoms with Crippen LogP contribution in [0.4, 0.5) is 4.79 Å². The highest BCUT2D eigenvalue weighted by molar-refractivity contribution is 5.93. The van der Waals surface area contributed by atoms with Crippen molar-refractivity contribution in [1.29, 1.82) is 0 Å². The molecule has 5 atom stereocenters. The van der Waals surface area contributed by atoms with E-state index in [9.17, 15) is 34.2 Å². The Balaban J connectivity index is 1.77. The number of hydrogen-bond acceptors (Lipinski definition) is 8. The lowest BCUT2D eigenvalue weighted by Crippen LogP contribution is -2.60. The van der Waals surface area contributed by atoms with E-state index in [2.05, 4.69) is 16.0 Å². The molecule has 0 bridgehead atoms. The molecular weight excluding hydrogens is 582 g/mol. The first-order valence-electron chi connectivity index (χ1n) is 14.9. The topological polar surface area (TPSA) is 200 Å². The molecule has 0 radical (unpaired) electrons. The monoisotopic (exact) mass is 625 g/mol. The number of nitrogens with two attached hydrogens (primary N) is 1. The van der Waals surface area contributed by atoms with Crippen molar-refractivity contribution >= 4 is 29.7 Å². The highest BCUT2D eigenvalue weighted by atomic mass is 16.5. The summed E-state index contributed by atoms with van der Waals surface area (Å²) in [7, 11) is 0. The second-order valence-electron chi connectivity index (χ2n) is 11.8. The van der Waals surface area contributed by atoms with Gasteiger partial charge in [-0.1, -0.05) is 60.7 Å². The molecule has 1 saturated heterocycles. The van der Waals surface area contributed by atoms with Crippen LogP contribution in [0.15, 0.2) is 60.7 Å². The highest BCUT2D eigenvalue weighted by Crippen LogP contribution is 2.22. The van der Waals surface area contributed by atoms with Gasteiger partial charge in [0.25, 0.3) is 5.91 Å². The molecular formula is C32H43N5O8. The number of hydrogen-bond donors (Lipinski definition) is 6. The van der Waals surface area contributed by atoms with Gasteiger partial charge < -0.3 is 41.5 Å². The number of carbonyl (C=O) groups excluding carboxylic acids is 5. The average molecular weight is 626 g/mol. The molecule has 13 heteroatoms. The second-order valence-corrected chi connectivity index (χ2v) is 11.8. The molecule has 244 valence electrons. The van der Waals surface area contributed by atoms with Crippen LogP contribution in [0.25, 0.3) is 0 Å². The van der Waals surface area contributed by atoms with Crippen molar-refractivity contribution < 1.29 is 38.9 Å². The van der Waals surface area contributed by atoms with Gasteiger partial charge in [0.2, 0.25) is 17.7 Å². The Morgan fingerprint density at radius 1 is 0.978 bits per heavy atom. The van der Waals surface area contributed by atoms with Crippen LogP contribution >= 0.6 is 0 Å². The molecule has 1 aliphatic heterocycles. The number of amides is 5. The SMILES string of the molecule is CC(O)C(C)(C)NC(=O)[C@@H]1CCCN1C(=O)[C@@H](O)[C@H](Cc1ccccc1)NC(=O)[C@H](CC(N)=O)NC(=O)OCc1ccccc1. The standard InChI is InChI=1S/C32H43N5O8/c1-20(38)32(2,3)36-29(42)25-15-10-16-37(25)30(43)27(40)23(17-21-11-6-4-7-12-21)34-28(41)24(18-26(33)39)35-31(44)45-19-22-13-8-5-9-14-22/h4-9,11-14,20,23-25,27,38,40H,10,15-19H2,1-3H3,(H2,33,39)(H,34,41)(H,35,44)(H,36,42)/t20?,23-,24-,25-,27-/m0/s1. The molecule has 0 saturated carbocycles. The van der Waals surface area contributed by atoms with Crippen molar-refractivity contribution in [2.24, 2.45) is 5.73 Å². The summed E-state index contributed by atoms with van der Waals surface area (Å²) in [5, 5.41) is 29.1. The van der Waals surface area contributed by atoms with Gasteiger partial charge in [0.1, 0.15) is 18.7 Å². The van der Waals surface area contributed by atoms with E-state index in [0.29, 0.717) is 24.0 Å². The first-order chi connectivity index (χ1) is 21.3. The van der Waals surface area contributed by atoms with E-state index in [-0.39, 0.29) is 19.6 Å². The third-order valence-electron chi connectivity index (χ3n) is 7.82. The van der Waals surface area contributed by atoms with Crippen LogP contribution in [-0.4, -0.2) is 87.3 Å². The van der Waals surface area contributed by atoms with Gasteiger partial charge in [-0.2, -0.15) is 0 Å². The molecule has 0 spiro atoms. The first-order valence-corrected chi connectivity index (χ1v) is 14.9. The number of aliphatic hydroxyl groups is 2. The van der Waals surface area contributed by atoms with Crippen LogP contribution in [0.3, 0.4) is 0 Å². The van der Waals surface area contributed by atoms with Gasteiger partial charge in [-0.15, -0.1) is 0 Å². The highest BCUT2D eigenvalue weighted by Gasteiger charge is 2.41. The lowest BCUT2D eigenvalue weighted by Gasteiger charge is -2.34. The van der Waals surface area contributed by atoms with E-state index in [1.54, 1.807) is 81.4 Å². The van der Waals surface area contributed by atoms with E-state index in [1.165, 1.54) is 4.90 Å². The third-order valence-corrected chi connectivity index (χ3v) is 7.82. The zero-order chi connectivity index (χ0) is 33.1. The van der Waals surface area contributed by atoms with E-state index in [0.717, 1.165) is 0 Å². The maximum absolute atomic E-state index is 13.6. The molecule has 7 N–H and O–H groups in total. The van der Waals surface area contributed by atoms with Crippen LogP contribution < -0.4 is 21.7 Å². The minimum atomic E-state index is -1.79. The Kier molecular flexibility index (Phi) is 12.4. The average Bonchev–Trinajstić information content (AvgIpc) is 3.49. The molecule has 2 aromatic rings. The molecule has 1 aliphatic rings. The lowest BCUT2D eigenvalue weighted by atomic mass is 9.97. The van der Waals surface area contributed by atoms with E-state index in [4.69, 9.17) is 10.5 Å². The summed E-state index contributed by atoms with van der Waals surface area (Å²) in [6, 6.07) is 14.1. The zero-order valence-corrected chi connectivity index (χ0v) is 25.8. The normalized spacial score (nSPS) is 17.4. The van der Waals surface area contributed by atoms with E-state index in [1.807, 2.05) is 0 Å². The number of nitrogens with zero attached hydrogens (tertiary/aromatic N) is 1. The Labute approximate surface area is 262 Å². The van der Waals surface area contributed by atoms with Crippen molar-refractivity contribution in [3.8, 4) is 0 Å². The Hall–Kier alpha value is -4.49. The lowest BCUT2D eigenvalue weighted by molar-refractivity contribution is -0.147. The predicted molar refractivity (Wildman–Crippen MR) is 164 cm³/mol. The van der Waals surface area contributed by atoms with Crippen LogP contribution in [0.2, 0.25) is 0 Å². The number of rotatable bonds is 14. The van der Waals surface area contributed by atoms with Gasteiger partial charge in [0, 0.05) is 6.54 Å². The fourth-order valence-corrected chi connectivity index (χ4v) is 4.86. The van der Waals surface area contributed by atoms with Gasteiger partial charge in [0.05, 0.1) is 24.1 Å². The first kappa shape index (κ1) is 35.0. The molecule has 45 heavy (non-hydrogen) atoms. The van der Waals surface area contributed by atoms with Crippen molar-refractivity contribution in [2.45, 2.75) is 88.9 Å². The zero-order valence-electron chi connectivity index (χ0n) is 25.8. The van der Waals surface area contributed by atoms with E-state index < -0.39 is 72.0 Å². The summed E-state index contributed by atoms with van der Waals surface area (Å²) in [5.41, 5.74) is 5.78. The summed E-state index contributed by atoms with van der Waals surface area (Å²) >= 11 is 0. The summed E-state index contributed by atoms with van der Waals surface area (Å²) in [6.45, 7) is 4.98. The number of nitrogens with one attached hydrogen (secondary N) is 3. The van der Waals surface area contributed by atoms with Gasteiger partial charge in [-0.25, -0.2) is 4.79 Å². The van der Waals surface area contributed by atoms with Gasteiger partial charge in [-0.3, -0.25) is 19.2 Å². The van der Waals surface area contributed by atoms with Crippen molar-refractivity contribution in [3.05, 3.63) is 71.8 Å². The largest absolute Gasteiger partial charge is 0.445 e. The molecule has 13 nitrogen and oxygen atoms in total. The Morgan fingerprint density at radius 3 is 2.16 bits per heavy atom. The Morgan fingerprint density at radius 2 is 1.58 bits per heavy atom. The van der Waals surface area contributed by atoms with Crippen molar-refractivity contribution in [3.63, 3.8) is 0 Å². The summed E-state index contributed by atoms with van der Waals surface area (Å²) in [5.74, 6) is -2.99. The molecule has 2 aromatic carbocycles. The molecule has 1 fully saturated rings. The van der Waals surface area contributed by atoms with Crippen LogP contribution in [0.5, 0.6) is 0 Å². The minimum Gasteiger partial charge on any atom is -0.445 e. The third kappa shape index (κ3) is 10.3. The fourth-order valence-electron chi connectivity index (χ4n) is 4.86. The summed E-state index contributed by atoms with van der Waals surface area (Å²) in [4.78, 5) is 65.8. The van der Waals surface area contributed by atoms with Crippen LogP contribution in [0.1, 0.15) is 51.2 Å². The van der Waals surface area contributed by atoms with Gasteiger partial charge in [-0.05, 0) is 51.2 Å². The number of primary amides is 1. The molecule has 1 unspecified atom stereocenters. The number of aliphatic hydroxyl groups excluding tert-OH is 2. The maximum atomic E-state index is 13.6. The summed E-state index contributed by atoms with van der Waals surface area (Å²) < 4.78 is 5.18. The number of carbonyl (C=O) groups is 5.